The number of aromatic nitrogens is 2. The molecule has 1 aromatic heterocycles. The van der Waals surface area contributed by atoms with E-state index in [9.17, 15) is 9.90 Å². The second-order valence-electron chi connectivity index (χ2n) is 6.82. The lowest BCUT2D eigenvalue weighted by Crippen LogP contribution is -2.38. The second kappa shape index (κ2) is 7.58. The molecule has 27 heavy (non-hydrogen) atoms. The first-order valence-corrected chi connectivity index (χ1v) is 9.16. The van der Waals surface area contributed by atoms with Crippen molar-refractivity contribution in [3.8, 4) is 17.1 Å². The number of aromatic hydroxyl groups is 1. The van der Waals surface area contributed by atoms with E-state index in [1.165, 1.54) is 5.56 Å². The molecule has 0 spiro atoms. The van der Waals surface area contributed by atoms with Crippen LogP contribution in [0.1, 0.15) is 34.7 Å². The minimum absolute atomic E-state index is 0.0150. The fourth-order valence-electron chi connectivity index (χ4n) is 3.52. The molecule has 0 saturated carbocycles. The number of hydrogen-bond acceptors (Lipinski definition) is 4. The molecule has 1 aliphatic rings. The van der Waals surface area contributed by atoms with Crippen molar-refractivity contribution in [2.24, 2.45) is 0 Å². The van der Waals surface area contributed by atoms with Crippen molar-refractivity contribution >= 4 is 5.91 Å². The third-order valence-electron chi connectivity index (χ3n) is 5.08. The van der Waals surface area contributed by atoms with Crippen LogP contribution >= 0.6 is 0 Å². The molecule has 136 valence electrons. The van der Waals surface area contributed by atoms with Crippen molar-refractivity contribution in [3.05, 3.63) is 78.1 Å². The smallest absolute Gasteiger partial charge is 0.256 e. The Bertz CT molecular complexity index is 901. The number of likely N-dealkylation sites (tertiary alicyclic amines) is 1. The summed E-state index contributed by atoms with van der Waals surface area (Å²) in [5.74, 6) is 1.31. The number of piperidine rings is 1. The zero-order valence-corrected chi connectivity index (χ0v) is 15.0. The van der Waals surface area contributed by atoms with Gasteiger partial charge < -0.3 is 10.0 Å². The first-order valence-electron chi connectivity index (χ1n) is 9.16. The maximum Gasteiger partial charge on any atom is 0.256 e. The molecular weight excluding hydrogens is 338 g/mol. The van der Waals surface area contributed by atoms with Crippen LogP contribution in [0.5, 0.6) is 5.75 Å². The number of phenols is 1. The largest absolute Gasteiger partial charge is 0.508 e. The molecule has 1 aliphatic heterocycles. The lowest BCUT2D eigenvalue weighted by molar-refractivity contribution is 0.0712. The highest BCUT2D eigenvalue weighted by molar-refractivity contribution is 5.93. The van der Waals surface area contributed by atoms with Crippen LogP contribution in [0.15, 0.2) is 67.0 Å². The van der Waals surface area contributed by atoms with Gasteiger partial charge in [0.25, 0.3) is 5.91 Å². The molecule has 2 aromatic carbocycles. The average Bonchev–Trinajstić information content (AvgIpc) is 2.75. The standard InChI is InChI=1S/C22H21N3O2/c26-20-8-6-16(7-9-20)17-10-12-25(13-11-17)22(27)19-14-23-21(24-15-19)18-4-2-1-3-5-18/h1-9,14-15,17,26H,10-13H2. The molecule has 2 heterocycles. The Morgan fingerprint density at radius 1 is 0.926 bits per heavy atom. The van der Waals surface area contributed by atoms with Crippen molar-refractivity contribution in [2.75, 3.05) is 13.1 Å². The van der Waals surface area contributed by atoms with Crippen LogP contribution in [0.2, 0.25) is 0 Å². The molecule has 1 saturated heterocycles. The Labute approximate surface area is 158 Å². The van der Waals surface area contributed by atoms with Gasteiger partial charge in [0.1, 0.15) is 5.75 Å². The third-order valence-corrected chi connectivity index (χ3v) is 5.08. The summed E-state index contributed by atoms with van der Waals surface area (Å²) in [5.41, 5.74) is 2.68. The summed E-state index contributed by atoms with van der Waals surface area (Å²) in [7, 11) is 0. The number of benzene rings is 2. The minimum Gasteiger partial charge on any atom is -0.508 e. The van der Waals surface area contributed by atoms with E-state index in [0.29, 0.717) is 30.4 Å². The van der Waals surface area contributed by atoms with Gasteiger partial charge in [0.05, 0.1) is 5.56 Å². The lowest BCUT2D eigenvalue weighted by atomic mass is 9.89. The Morgan fingerprint density at radius 2 is 1.56 bits per heavy atom. The predicted octanol–water partition coefficient (Wildman–Crippen LogP) is 3.87. The van der Waals surface area contributed by atoms with E-state index in [-0.39, 0.29) is 11.7 Å². The van der Waals surface area contributed by atoms with Crippen LogP contribution in [0.4, 0.5) is 0 Å². The van der Waals surface area contributed by atoms with Gasteiger partial charge in [-0.3, -0.25) is 4.79 Å². The molecule has 0 radical (unpaired) electrons. The van der Waals surface area contributed by atoms with Crippen molar-refractivity contribution < 1.29 is 9.90 Å². The summed E-state index contributed by atoms with van der Waals surface area (Å²) in [6, 6.07) is 17.1. The highest BCUT2D eigenvalue weighted by Crippen LogP contribution is 2.29. The van der Waals surface area contributed by atoms with Gasteiger partial charge in [0.15, 0.2) is 5.82 Å². The van der Waals surface area contributed by atoms with E-state index < -0.39 is 0 Å². The van der Waals surface area contributed by atoms with Crippen LogP contribution in [0.3, 0.4) is 0 Å². The minimum atomic E-state index is -0.0150. The number of carbonyl (C=O) groups excluding carboxylic acids is 1. The summed E-state index contributed by atoms with van der Waals surface area (Å²) in [6.07, 6.45) is 5.06. The first kappa shape index (κ1) is 17.2. The number of amides is 1. The van der Waals surface area contributed by atoms with Crippen molar-refractivity contribution in [3.63, 3.8) is 0 Å². The molecule has 4 rings (SSSR count). The molecule has 0 atom stereocenters. The Balaban J connectivity index is 1.40. The zero-order valence-electron chi connectivity index (χ0n) is 15.0. The summed E-state index contributed by atoms with van der Waals surface area (Å²) in [4.78, 5) is 23.3. The molecule has 0 unspecified atom stereocenters. The number of carbonyl (C=O) groups is 1. The molecule has 0 aliphatic carbocycles. The number of rotatable bonds is 3. The number of hydrogen-bond donors (Lipinski definition) is 1. The molecule has 3 aromatic rings. The third kappa shape index (κ3) is 3.82. The Kier molecular flexibility index (Phi) is 4.83. The van der Waals surface area contributed by atoms with Crippen LogP contribution in [0.25, 0.3) is 11.4 Å². The summed E-state index contributed by atoms with van der Waals surface area (Å²) >= 11 is 0. The monoisotopic (exact) mass is 359 g/mol. The van der Waals surface area contributed by atoms with E-state index >= 15 is 0 Å². The molecule has 0 bridgehead atoms. The summed E-state index contributed by atoms with van der Waals surface area (Å²) in [5, 5.41) is 9.42. The average molecular weight is 359 g/mol. The van der Waals surface area contributed by atoms with Gasteiger partial charge in [0.2, 0.25) is 0 Å². The SMILES string of the molecule is O=C(c1cnc(-c2ccccc2)nc1)N1CCC(c2ccc(O)cc2)CC1. The maximum absolute atomic E-state index is 12.7. The molecule has 1 amide bonds. The van der Waals surface area contributed by atoms with Gasteiger partial charge in [-0.1, -0.05) is 42.5 Å². The van der Waals surface area contributed by atoms with E-state index in [4.69, 9.17) is 0 Å². The molecule has 5 nitrogen and oxygen atoms in total. The van der Waals surface area contributed by atoms with E-state index in [2.05, 4.69) is 9.97 Å². The van der Waals surface area contributed by atoms with Crippen molar-refractivity contribution in [2.45, 2.75) is 18.8 Å². The zero-order chi connectivity index (χ0) is 18.6. The topological polar surface area (TPSA) is 66.3 Å². The highest BCUT2D eigenvalue weighted by Gasteiger charge is 2.25. The number of nitrogens with zero attached hydrogens (tertiary/aromatic N) is 3. The second-order valence-corrected chi connectivity index (χ2v) is 6.82. The Hall–Kier alpha value is -3.21. The van der Waals surface area contributed by atoms with Crippen molar-refractivity contribution in [1.82, 2.24) is 14.9 Å². The Morgan fingerprint density at radius 3 is 2.19 bits per heavy atom. The van der Waals surface area contributed by atoms with Crippen LogP contribution in [-0.2, 0) is 0 Å². The van der Waals surface area contributed by atoms with E-state index in [1.807, 2.05) is 47.4 Å². The normalized spacial score (nSPS) is 14.9. The van der Waals surface area contributed by atoms with Crippen molar-refractivity contribution in [1.29, 1.82) is 0 Å². The van der Waals surface area contributed by atoms with Crippen LogP contribution < -0.4 is 0 Å². The fourth-order valence-corrected chi connectivity index (χ4v) is 3.52. The highest BCUT2D eigenvalue weighted by atomic mass is 16.3. The summed E-state index contributed by atoms with van der Waals surface area (Å²) in [6.45, 7) is 1.43. The summed E-state index contributed by atoms with van der Waals surface area (Å²) < 4.78 is 0. The van der Waals surface area contributed by atoms with Crippen LogP contribution in [-0.4, -0.2) is 39.0 Å². The molecular formula is C22H21N3O2. The molecule has 1 fully saturated rings. The molecule has 5 heteroatoms. The van der Waals surface area contributed by atoms with Gasteiger partial charge in [-0.25, -0.2) is 9.97 Å². The van der Waals surface area contributed by atoms with Gasteiger partial charge in [-0.15, -0.1) is 0 Å². The molecule has 1 N–H and O–H groups in total. The quantitative estimate of drug-likeness (QED) is 0.771. The van der Waals surface area contributed by atoms with Gasteiger partial charge in [0, 0.05) is 31.0 Å². The van der Waals surface area contributed by atoms with Gasteiger partial charge >= 0.3 is 0 Å². The fraction of sp³-hybridized carbons (Fsp3) is 0.227. The lowest BCUT2D eigenvalue weighted by Gasteiger charge is -2.32. The van der Waals surface area contributed by atoms with Gasteiger partial charge in [-0.2, -0.15) is 0 Å². The number of phenolic OH excluding ortho intramolecular Hbond substituents is 1. The first-order chi connectivity index (χ1) is 13.2. The maximum atomic E-state index is 12.7. The van der Waals surface area contributed by atoms with Gasteiger partial charge in [-0.05, 0) is 36.5 Å². The van der Waals surface area contributed by atoms with E-state index in [0.717, 1.165) is 18.4 Å². The predicted molar refractivity (Wildman–Crippen MR) is 103 cm³/mol. The van der Waals surface area contributed by atoms with E-state index in [1.54, 1.807) is 24.5 Å². The van der Waals surface area contributed by atoms with Crippen LogP contribution in [0, 0.1) is 0 Å².